The first-order valence-electron chi connectivity index (χ1n) is 9.68. The van der Waals surface area contributed by atoms with E-state index in [1.54, 1.807) is 25.1 Å². The second-order valence-corrected chi connectivity index (χ2v) is 9.28. The van der Waals surface area contributed by atoms with Crippen LogP contribution in [0.5, 0.6) is 0 Å². The predicted octanol–water partition coefficient (Wildman–Crippen LogP) is 4.87. The number of anilines is 1. The molecule has 1 aromatic heterocycles. The zero-order valence-electron chi connectivity index (χ0n) is 17.5. The predicted molar refractivity (Wildman–Crippen MR) is 123 cm³/mol. The Morgan fingerprint density at radius 2 is 2.00 bits per heavy atom. The first-order chi connectivity index (χ1) is 15.1. The SMILES string of the molecule is CC(C)Cn1c(SC(C)C(=O)Nc2ccc(F)c([N+](=O)[O-])c2)nc2ccc(Cl)cc2c1=O. The molecule has 1 heterocycles. The van der Waals surface area contributed by atoms with E-state index in [1.165, 1.54) is 10.6 Å². The largest absolute Gasteiger partial charge is 0.325 e. The number of nitrogens with one attached hydrogen (secondary N) is 1. The van der Waals surface area contributed by atoms with Crippen LogP contribution in [-0.2, 0) is 11.3 Å². The van der Waals surface area contributed by atoms with E-state index in [0.717, 1.165) is 23.9 Å². The van der Waals surface area contributed by atoms with Gasteiger partial charge in [-0.1, -0.05) is 37.2 Å². The first-order valence-corrected chi connectivity index (χ1v) is 10.9. The highest BCUT2D eigenvalue weighted by atomic mass is 35.5. The van der Waals surface area contributed by atoms with E-state index < -0.39 is 27.6 Å². The van der Waals surface area contributed by atoms with E-state index in [9.17, 15) is 24.1 Å². The molecule has 8 nitrogen and oxygen atoms in total. The maximum Gasteiger partial charge on any atom is 0.306 e. The second kappa shape index (κ2) is 9.66. The van der Waals surface area contributed by atoms with Crippen LogP contribution in [0.4, 0.5) is 15.8 Å². The summed E-state index contributed by atoms with van der Waals surface area (Å²) in [5.41, 5.74) is -0.431. The lowest BCUT2D eigenvalue weighted by molar-refractivity contribution is -0.387. The summed E-state index contributed by atoms with van der Waals surface area (Å²) in [6.07, 6.45) is 0. The first kappa shape index (κ1) is 23.7. The van der Waals surface area contributed by atoms with Crippen molar-refractivity contribution in [1.82, 2.24) is 9.55 Å². The third-order valence-corrected chi connectivity index (χ3v) is 5.82. The lowest BCUT2D eigenvalue weighted by atomic mass is 10.2. The number of carbonyl (C=O) groups is 1. The molecule has 168 valence electrons. The molecule has 1 N–H and O–H groups in total. The molecule has 0 spiro atoms. The molecule has 0 fully saturated rings. The summed E-state index contributed by atoms with van der Waals surface area (Å²) in [4.78, 5) is 40.4. The maximum atomic E-state index is 13.5. The molecule has 3 rings (SSSR count). The van der Waals surface area contributed by atoms with E-state index in [1.807, 2.05) is 13.8 Å². The minimum absolute atomic E-state index is 0.0937. The third kappa shape index (κ3) is 5.25. The van der Waals surface area contributed by atoms with Crippen LogP contribution in [0.25, 0.3) is 10.9 Å². The molecule has 1 unspecified atom stereocenters. The number of aromatic nitrogens is 2. The van der Waals surface area contributed by atoms with Crippen LogP contribution in [0.2, 0.25) is 5.02 Å². The Bertz CT molecular complexity index is 1260. The van der Waals surface area contributed by atoms with Crippen LogP contribution in [0, 0.1) is 21.8 Å². The van der Waals surface area contributed by atoms with Gasteiger partial charge in [-0.3, -0.25) is 24.3 Å². The molecular weight excluding hydrogens is 459 g/mol. The Morgan fingerprint density at radius 3 is 2.66 bits per heavy atom. The fourth-order valence-electron chi connectivity index (χ4n) is 2.97. The zero-order valence-corrected chi connectivity index (χ0v) is 19.0. The van der Waals surface area contributed by atoms with Crippen LogP contribution >= 0.6 is 23.4 Å². The van der Waals surface area contributed by atoms with Gasteiger partial charge >= 0.3 is 5.69 Å². The quantitative estimate of drug-likeness (QED) is 0.224. The van der Waals surface area contributed by atoms with Gasteiger partial charge in [-0.15, -0.1) is 0 Å². The lowest BCUT2D eigenvalue weighted by Crippen LogP contribution is -2.28. The summed E-state index contributed by atoms with van der Waals surface area (Å²) in [5.74, 6) is -1.32. The van der Waals surface area contributed by atoms with Gasteiger partial charge in [0, 0.05) is 23.3 Å². The number of nitrogens with zero attached hydrogens (tertiary/aromatic N) is 3. The Hall–Kier alpha value is -2.98. The smallest absolute Gasteiger partial charge is 0.306 e. The minimum atomic E-state index is -0.992. The molecule has 0 bridgehead atoms. The van der Waals surface area contributed by atoms with Gasteiger partial charge in [0.2, 0.25) is 11.7 Å². The molecule has 11 heteroatoms. The number of thioether (sulfide) groups is 1. The Labute approximate surface area is 191 Å². The van der Waals surface area contributed by atoms with Gasteiger partial charge in [-0.2, -0.15) is 4.39 Å². The molecule has 0 saturated heterocycles. The van der Waals surface area contributed by atoms with Crippen molar-refractivity contribution in [2.45, 2.75) is 37.7 Å². The fraction of sp³-hybridized carbons (Fsp3) is 0.286. The molecule has 2 aromatic carbocycles. The van der Waals surface area contributed by atoms with Crippen molar-refractivity contribution in [1.29, 1.82) is 0 Å². The summed E-state index contributed by atoms with van der Waals surface area (Å²) in [5, 5.41) is 13.9. The summed E-state index contributed by atoms with van der Waals surface area (Å²) in [6.45, 7) is 5.94. The van der Waals surface area contributed by atoms with Crippen LogP contribution in [0.1, 0.15) is 20.8 Å². The van der Waals surface area contributed by atoms with Crippen LogP contribution in [0.3, 0.4) is 0 Å². The average Bonchev–Trinajstić information content (AvgIpc) is 2.72. The van der Waals surface area contributed by atoms with Gasteiger partial charge in [0.15, 0.2) is 5.16 Å². The van der Waals surface area contributed by atoms with Gasteiger partial charge in [-0.05, 0) is 43.2 Å². The number of amides is 1. The highest BCUT2D eigenvalue weighted by Crippen LogP contribution is 2.26. The number of hydrogen-bond donors (Lipinski definition) is 1. The normalized spacial score (nSPS) is 12.2. The van der Waals surface area contributed by atoms with E-state index in [-0.39, 0.29) is 17.2 Å². The van der Waals surface area contributed by atoms with Gasteiger partial charge in [-0.25, -0.2) is 4.98 Å². The number of carbonyl (C=O) groups excluding carboxylic acids is 1. The lowest BCUT2D eigenvalue weighted by Gasteiger charge is -2.17. The van der Waals surface area contributed by atoms with E-state index in [0.29, 0.717) is 27.6 Å². The number of fused-ring (bicyclic) bond motifs is 1. The molecule has 1 atom stereocenters. The third-order valence-electron chi connectivity index (χ3n) is 4.49. The number of benzene rings is 2. The van der Waals surface area contributed by atoms with Crippen molar-refractivity contribution in [3.05, 3.63) is 67.7 Å². The van der Waals surface area contributed by atoms with E-state index in [4.69, 9.17) is 11.6 Å². The van der Waals surface area contributed by atoms with Gasteiger partial charge in [0.25, 0.3) is 5.56 Å². The maximum absolute atomic E-state index is 13.5. The van der Waals surface area contributed by atoms with Crippen LogP contribution in [0.15, 0.2) is 46.3 Å². The van der Waals surface area contributed by atoms with E-state index >= 15 is 0 Å². The number of nitro groups is 1. The molecule has 3 aromatic rings. The number of halogens is 2. The molecule has 0 saturated carbocycles. The molecule has 0 aliphatic heterocycles. The molecule has 0 aliphatic rings. The topological polar surface area (TPSA) is 107 Å². The van der Waals surface area contributed by atoms with Crippen molar-refractivity contribution in [3.8, 4) is 0 Å². The van der Waals surface area contributed by atoms with Crippen LogP contribution < -0.4 is 10.9 Å². The molecule has 1 amide bonds. The van der Waals surface area contributed by atoms with Crippen molar-refractivity contribution < 1.29 is 14.1 Å². The number of hydrogen-bond acceptors (Lipinski definition) is 6. The molecular formula is C21H20ClFN4O4S. The van der Waals surface area contributed by atoms with Crippen molar-refractivity contribution in [2.75, 3.05) is 5.32 Å². The fourth-order valence-corrected chi connectivity index (χ4v) is 4.06. The Kier molecular flexibility index (Phi) is 7.15. The van der Waals surface area contributed by atoms with Gasteiger partial charge < -0.3 is 5.32 Å². The molecule has 0 aliphatic carbocycles. The summed E-state index contributed by atoms with van der Waals surface area (Å²) >= 11 is 7.12. The highest BCUT2D eigenvalue weighted by Gasteiger charge is 2.22. The minimum Gasteiger partial charge on any atom is -0.325 e. The van der Waals surface area contributed by atoms with Crippen molar-refractivity contribution in [3.63, 3.8) is 0 Å². The molecule has 32 heavy (non-hydrogen) atoms. The monoisotopic (exact) mass is 478 g/mol. The van der Waals surface area contributed by atoms with Gasteiger partial charge in [0.1, 0.15) is 0 Å². The summed E-state index contributed by atoms with van der Waals surface area (Å²) in [6, 6.07) is 7.96. The second-order valence-electron chi connectivity index (χ2n) is 7.54. The Balaban J connectivity index is 1.90. The number of nitro benzene ring substituents is 1. The van der Waals surface area contributed by atoms with Crippen molar-refractivity contribution >= 4 is 51.5 Å². The Morgan fingerprint density at radius 1 is 1.28 bits per heavy atom. The summed E-state index contributed by atoms with van der Waals surface area (Å²) in [7, 11) is 0. The highest BCUT2D eigenvalue weighted by molar-refractivity contribution is 8.00. The van der Waals surface area contributed by atoms with Crippen molar-refractivity contribution in [2.24, 2.45) is 5.92 Å². The zero-order chi connectivity index (χ0) is 23.6. The summed E-state index contributed by atoms with van der Waals surface area (Å²) < 4.78 is 15.0. The number of rotatable bonds is 7. The average molecular weight is 479 g/mol. The van der Waals surface area contributed by atoms with Crippen LogP contribution in [-0.4, -0.2) is 25.6 Å². The molecule has 0 radical (unpaired) electrons. The van der Waals surface area contributed by atoms with Gasteiger partial charge in [0.05, 0.1) is 21.1 Å². The standard InChI is InChI=1S/C21H20ClFN4O4S/c1-11(2)10-26-20(29)15-8-13(22)4-7-17(15)25-21(26)32-12(3)19(28)24-14-5-6-16(23)18(9-14)27(30)31/h4-9,11-12H,10H2,1-3H3,(H,24,28). The van der Waals surface area contributed by atoms with E-state index in [2.05, 4.69) is 10.3 Å².